The first kappa shape index (κ1) is 32.7. The van der Waals surface area contributed by atoms with Crippen LogP contribution in [0.25, 0.3) is 0 Å². The Hall–Kier alpha value is -1.56. The Morgan fingerprint density at radius 1 is 1.00 bits per heavy atom. The Bertz CT molecular complexity index is 766. The molecule has 2 aliphatic heterocycles. The maximum absolute atomic E-state index is 12.3. The number of amides is 4. The van der Waals surface area contributed by atoms with Crippen molar-refractivity contribution in [1.82, 2.24) is 26.2 Å². The maximum atomic E-state index is 12.3. The smallest absolute Gasteiger partial charge is 0.315 e. The molecule has 2 fully saturated rings. The van der Waals surface area contributed by atoms with Crippen LogP contribution in [0.2, 0.25) is 0 Å². The molecule has 0 spiro atoms. The number of unbranched alkanes of at least 4 members (excludes halogenated alkanes) is 1. The van der Waals surface area contributed by atoms with E-state index in [1.807, 2.05) is 58.3 Å². The summed E-state index contributed by atoms with van der Waals surface area (Å²) in [6.07, 6.45) is 4.85. The molecule has 11 heteroatoms. The van der Waals surface area contributed by atoms with Crippen molar-refractivity contribution in [1.29, 1.82) is 0 Å². The van der Waals surface area contributed by atoms with Gasteiger partial charge in [0.1, 0.15) is 0 Å². The Morgan fingerprint density at radius 3 is 2.42 bits per heavy atom. The topological polar surface area (TPSA) is 121 Å². The number of carbonyl (C=O) groups is 3. The highest BCUT2D eigenvalue weighted by Gasteiger charge is 2.42. The van der Waals surface area contributed by atoms with Crippen molar-refractivity contribution >= 4 is 29.6 Å². The molecule has 2 saturated heterocycles. The van der Waals surface area contributed by atoms with Gasteiger partial charge < -0.3 is 30.7 Å². The Kier molecular flexibility index (Phi) is 13.6. The zero-order chi connectivity index (χ0) is 28.2. The number of ether oxygens (including phenoxy) is 2. The molecule has 0 aromatic carbocycles. The molecule has 220 valence electrons. The number of hydrogen-bond donors (Lipinski definition) is 4. The van der Waals surface area contributed by atoms with Crippen LogP contribution >= 0.6 is 11.8 Å². The van der Waals surface area contributed by atoms with Gasteiger partial charge in [-0.05, 0) is 67.0 Å². The largest absolute Gasteiger partial charge is 0.375 e. The van der Waals surface area contributed by atoms with Crippen LogP contribution in [0.3, 0.4) is 0 Å². The van der Waals surface area contributed by atoms with E-state index in [4.69, 9.17) is 9.47 Å². The van der Waals surface area contributed by atoms with Gasteiger partial charge in [-0.25, -0.2) is 4.79 Å². The summed E-state index contributed by atoms with van der Waals surface area (Å²) in [4.78, 5) is 37.5. The number of hydrogen-bond acceptors (Lipinski definition) is 7. The lowest BCUT2D eigenvalue weighted by Crippen LogP contribution is -2.38. The number of urea groups is 1. The van der Waals surface area contributed by atoms with Gasteiger partial charge in [-0.1, -0.05) is 13.3 Å². The van der Waals surface area contributed by atoms with Gasteiger partial charge in [0.05, 0.1) is 43.0 Å². The third kappa shape index (κ3) is 12.5. The van der Waals surface area contributed by atoms with Crippen molar-refractivity contribution in [3.63, 3.8) is 0 Å². The van der Waals surface area contributed by atoms with E-state index in [-0.39, 0.29) is 41.1 Å². The molecule has 4 N–H and O–H groups in total. The van der Waals surface area contributed by atoms with E-state index in [0.29, 0.717) is 44.5 Å². The molecule has 0 aromatic rings. The fourth-order valence-electron chi connectivity index (χ4n) is 4.51. The summed E-state index contributed by atoms with van der Waals surface area (Å²) in [6, 6.07) is 0.426. The van der Waals surface area contributed by atoms with Gasteiger partial charge in [0.25, 0.3) is 0 Å². The fraction of sp³-hybridized carbons (Fsp3) is 0.889. The van der Waals surface area contributed by atoms with Crippen LogP contribution in [0.15, 0.2) is 0 Å². The van der Waals surface area contributed by atoms with Crippen LogP contribution < -0.4 is 21.3 Å². The van der Waals surface area contributed by atoms with E-state index in [9.17, 15) is 14.4 Å². The minimum Gasteiger partial charge on any atom is -0.375 e. The van der Waals surface area contributed by atoms with E-state index >= 15 is 0 Å². The Morgan fingerprint density at radius 2 is 1.68 bits per heavy atom. The minimum absolute atomic E-state index is 0.00664. The van der Waals surface area contributed by atoms with E-state index < -0.39 is 0 Å². The molecular formula is C27H51N5O5S. The van der Waals surface area contributed by atoms with Crippen LogP contribution in [0.5, 0.6) is 0 Å². The molecule has 4 amide bonds. The molecule has 0 aromatic heterocycles. The first-order valence-electron chi connectivity index (χ1n) is 14.1. The molecule has 38 heavy (non-hydrogen) atoms. The molecule has 2 heterocycles. The summed E-state index contributed by atoms with van der Waals surface area (Å²) in [5.41, 5.74) is -0.703. The first-order chi connectivity index (χ1) is 17.9. The van der Waals surface area contributed by atoms with Crippen molar-refractivity contribution < 1.29 is 23.9 Å². The number of fused-ring (bicyclic) bond motifs is 1. The molecule has 10 nitrogen and oxygen atoms in total. The molecule has 0 saturated carbocycles. The highest BCUT2D eigenvalue weighted by molar-refractivity contribution is 8.00. The molecule has 0 bridgehead atoms. The van der Waals surface area contributed by atoms with Gasteiger partial charge in [-0.15, -0.1) is 0 Å². The average Bonchev–Trinajstić information content (AvgIpc) is 3.38. The van der Waals surface area contributed by atoms with Gasteiger partial charge in [-0.2, -0.15) is 11.8 Å². The number of likely N-dealkylation sites (N-methyl/N-ethyl adjacent to an activating group) is 1. The van der Waals surface area contributed by atoms with E-state index in [2.05, 4.69) is 21.3 Å². The number of nitrogens with zero attached hydrogens (tertiary/aromatic N) is 1. The predicted octanol–water partition coefficient (Wildman–Crippen LogP) is 2.27. The molecular weight excluding hydrogens is 506 g/mol. The lowest BCUT2D eigenvalue weighted by atomic mass is 10.0. The third-order valence-corrected chi connectivity index (χ3v) is 8.71. The number of carbonyl (C=O) groups excluding carboxylic acids is 3. The van der Waals surface area contributed by atoms with Crippen molar-refractivity contribution in [3.05, 3.63) is 0 Å². The summed E-state index contributed by atoms with van der Waals surface area (Å²) in [7, 11) is 1.92. The number of rotatable bonds is 19. The van der Waals surface area contributed by atoms with Crippen molar-refractivity contribution in [3.8, 4) is 0 Å². The second kappa shape index (κ2) is 15.9. The summed E-state index contributed by atoms with van der Waals surface area (Å²) in [5, 5.41) is 12.3. The van der Waals surface area contributed by atoms with Gasteiger partial charge >= 0.3 is 6.03 Å². The van der Waals surface area contributed by atoms with Crippen molar-refractivity contribution in [2.75, 3.05) is 52.2 Å². The molecule has 0 radical (unpaired) electrons. The van der Waals surface area contributed by atoms with Gasteiger partial charge in [0.2, 0.25) is 11.8 Å². The van der Waals surface area contributed by atoms with Gasteiger partial charge in [-0.3, -0.25) is 14.5 Å². The van der Waals surface area contributed by atoms with Crippen LogP contribution in [0.1, 0.15) is 73.1 Å². The summed E-state index contributed by atoms with van der Waals surface area (Å²) in [6.45, 7) is 13.5. The molecule has 2 rings (SSSR count). The summed E-state index contributed by atoms with van der Waals surface area (Å²) >= 11 is 1.91. The predicted molar refractivity (Wildman–Crippen MR) is 152 cm³/mol. The molecule has 3 atom stereocenters. The lowest BCUT2D eigenvalue weighted by Gasteiger charge is -2.30. The zero-order valence-electron chi connectivity index (χ0n) is 24.3. The second-order valence-corrected chi connectivity index (χ2v) is 12.9. The standard InChI is InChI=1S/C27H51N5O5S/c1-7-32(6)18-23(34)29-15-17-37-27(4,5)13-16-36-26(2,3)12-14-28-22(33)11-9-8-10-21-24-20(19-38-21)30-25(35)31-24/h20-21,24H,7-19H2,1-6H3,(H,28,33)(H,29,34)(H2,30,31,35). The SMILES string of the molecule is CCN(C)CC(=O)NCCOC(C)(C)CCOC(C)(C)CCNC(=O)CCCCC1SCC2NC(=O)NC21. The zero-order valence-corrected chi connectivity index (χ0v) is 25.1. The van der Waals surface area contributed by atoms with Crippen molar-refractivity contribution in [2.24, 2.45) is 0 Å². The first-order valence-corrected chi connectivity index (χ1v) is 15.1. The Balaban J connectivity index is 1.49. The second-order valence-electron chi connectivity index (χ2n) is 11.6. The number of nitrogens with one attached hydrogen (secondary N) is 4. The van der Waals surface area contributed by atoms with Crippen LogP contribution in [0, 0.1) is 0 Å². The highest BCUT2D eigenvalue weighted by atomic mass is 32.2. The average molecular weight is 558 g/mol. The summed E-state index contributed by atoms with van der Waals surface area (Å²) in [5.74, 6) is 1.05. The Labute approximate surface area is 233 Å². The molecule has 0 aliphatic carbocycles. The van der Waals surface area contributed by atoms with E-state index in [1.54, 1.807) is 0 Å². The van der Waals surface area contributed by atoms with Gasteiger partial charge in [0, 0.05) is 30.5 Å². The minimum atomic E-state index is -0.354. The van der Waals surface area contributed by atoms with Crippen LogP contribution in [0.4, 0.5) is 4.79 Å². The fourth-order valence-corrected chi connectivity index (χ4v) is 6.06. The van der Waals surface area contributed by atoms with Crippen LogP contribution in [-0.2, 0) is 19.1 Å². The summed E-state index contributed by atoms with van der Waals surface area (Å²) < 4.78 is 12.1. The third-order valence-electron chi connectivity index (χ3n) is 7.20. The normalized spacial score (nSPS) is 21.2. The monoisotopic (exact) mass is 557 g/mol. The van der Waals surface area contributed by atoms with Gasteiger partial charge in [0.15, 0.2) is 0 Å². The van der Waals surface area contributed by atoms with Crippen molar-refractivity contribution in [2.45, 2.75) is 102 Å². The lowest BCUT2D eigenvalue weighted by molar-refractivity contribution is -0.123. The van der Waals surface area contributed by atoms with E-state index in [0.717, 1.165) is 44.4 Å². The molecule has 3 unspecified atom stereocenters. The quantitative estimate of drug-likeness (QED) is 0.142. The highest BCUT2D eigenvalue weighted by Crippen LogP contribution is 2.33. The van der Waals surface area contributed by atoms with Crippen LogP contribution in [-0.4, -0.2) is 103 Å². The maximum Gasteiger partial charge on any atom is 0.315 e. The number of thioether (sulfide) groups is 1. The molecule has 2 aliphatic rings. The van der Waals surface area contributed by atoms with E-state index in [1.165, 1.54) is 0 Å².